The van der Waals surface area contributed by atoms with E-state index in [0.717, 1.165) is 10.7 Å². The maximum Gasteiger partial charge on any atom is 0.0718 e. The summed E-state index contributed by atoms with van der Waals surface area (Å²) in [5.74, 6) is 0. The van der Waals surface area contributed by atoms with Gasteiger partial charge in [0.05, 0.1) is 16.9 Å². The van der Waals surface area contributed by atoms with Gasteiger partial charge in [-0.1, -0.05) is 38.3 Å². The van der Waals surface area contributed by atoms with Crippen molar-refractivity contribution in [3.05, 3.63) is 23.5 Å². The molecule has 1 atom stereocenters. The Morgan fingerprint density at radius 1 is 1.44 bits per heavy atom. The number of halogens is 1. The molecule has 1 unspecified atom stereocenters. The van der Waals surface area contributed by atoms with Crippen LogP contribution in [-0.2, 0) is 0 Å². The number of nitrogens with zero attached hydrogens (tertiary/aromatic N) is 1. The monoisotopic (exact) mass is 238 g/mol. The highest BCUT2D eigenvalue weighted by molar-refractivity contribution is 6.33. The lowest BCUT2D eigenvalue weighted by molar-refractivity contribution is 0.217. The Labute approximate surface area is 102 Å². The molecule has 1 aromatic heterocycles. The molecule has 1 saturated carbocycles. The van der Waals surface area contributed by atoms with E-state index in [9.17, 15) is 0 Å². The predicted octanol–water partition coefficient (Wildman–Crippen LogP) is 4.12. The molecule has 0 bridgehead atoms. The molecule has 16 heavy (non-hydrogen) atoms. The van der Waals surface area contributed by atoms with Gasteiger partial charge in [0.1, 0.15) is 0 Å². The van der Waals surface area contributed by atoms with Crippen LogP contribution in [0.15, 0.2) is 18.5 Å². The first-order valence-electron chi connectivity index (χ1n) is 5.96. The molecule has 0 radical (unpaired) electrons. The van der Waals surface area contributed by atoms with Crippen molar-refractivity contribution in [3.63, 3.8) is 0 Å². The summed E-state index contributed by atoms with van der Waals surface area (Å²) in [5.41, 5.74) is 1.31. The molecule has 1 heterocycles. The fourth-order valence-corrected chi connectivity index (χ4v) is 2.59. The first-order valence-corrected chi connectivity index (χ1v) is 6.33. The molecule has 0 aliphatic heterocycles. The minimum atomic E-state index is 0.345. The second-order valence-electron chi connectivity index (χ2n) is 5.29. The van der Waals surface area contributed by atoms with Crippen LogP contribution in [0.5, 0.6) is 0 Å². The highest BCUT2D eigenvalue weighted by Gasteiger charge is 2.32. The van der Waals surface area contributed by atoms with Gasteiger partial charge in [0.25, 0.3) is 0 Å². The molecular weight excluding hydrogens is 220 g/mol. The van der Waals surface area contributed by atoms with Crippen LogP contribution in [0.4, 0.5) is 5.69 Å². The van der Waals surface area contributed by atoms with Gasteiger partial charge in [0.2, 0.25) is 0 Å². The SMILES string of the molecule is CC1(C)CCCCC1Nc1cnccc1Cl. The predicted molar refractivity (Wildman–Crippen MR) is 68.9 cm³/mol. The zero-order valence-electron chi connectivity index (χ0n) is 9.96. The van der Waals surface area contributed by atoms with Gasteiger partial charge in [-0.25, -0.2) is 0 Å². The quantitative estimate of drug-likeness (QED) is 0.839. The standard InChI is InChI=1S/C13H19ClN2/c1-13(2)7-4-3-5-12(13)16-11-9-15-8-6-10(11)14/h6,8-9,12,16H,3-5,7H2,1-2H3. The van der Waals surface area contributed by atoms with Crippen molar-refractivity contribution in [2.24, 2.45) is 5.41 Å². The Hall–Kier alpha value is -0.760. The van der Waals surface area contributed by atoms with Crippen LogP contribution in [0.1, 0.15) is 39.5 Å². The minimum Gasteiger partial charge on any atom is -0.379 e. The number of nitrogens with one attached hydrogen (secondary N) is 1. The molecule has 2 rings (SSSR count). The molecular formula is C13H19ClN2. The van der Waals surface area contributed by atoms with Gasteiger partial charge in [-0.15, -0.1) is 0 Å². The zero-order valence-corrected chi connectivity index (χ0v) is 10.7. The summed E-state index contributed by atoms with van der Waals surface area (Å²) < 4.78 is 0. The van der Waals surface area contributed by atoms with E-state index in [1.54, 1.807) is 6.20 Å². The summed E-state index contributed by atoms with van der Waals surface area (Å²) in [7, 11) is 0. The second-order valence-corrected chi connectivity index (χ2v) is 5.69. The Kier molecular flexibility index (Phi) is 3.38. The van der Waals surface area contributed by atoms with Crippen LogP contribution in [0.2, 0.25) is 5.02 Å². The first kappa shape index (κ1) is 11.7. The Morgan fingerprint density at radius 2 is 2.25 bits per heavy atom. The lowest BCUT2D eigenvalue weighted by Gasteiger charge is -2.39. The minimum absolute atomic E-state index is 0.345. The van der Waals surface area contributed by atoms with E-state index in [0.29, 0.717) is 11.5 Å². The molecule has 0 amide bonds. The number of rotatable bonds is 2. The normalized spacial score (nSPS) is 24.1. The third-order valence-corrected chi connectivity index (χ3v) is 3.93. The molecule has 0 aromatic carbocycles. The van der Waals surface area contributed by atoms with Crippen LogP contribution < -0.4 is 5.32 Å². The van der Waals surface area contributed by atoms with Crippen molar-refractivity contribution < 1.29 is 0 Å². The summed E-state index contributed by atoms with van der Waals surface area (Å²) in [5, 5.41) is 4.31. The van der Waals surface area contributed by atoms with E-state index >= 15 is 0 Å². The molecule has 88 valence electrons. The van der Waals surface area contributed by atoms with Gasteiger partial charge >= 0.3 is 0 Å². The molecule has 1 fully saturated rings. The molecule has 1 aromatic rings. The van der Waals surface area contributed by atoms with E-state index in [-0.39, 0.29) is 0 Å². The fourth-order valence-electron chi connectivity index (χ4n) is 2.43. The van der Waals surface area contributed by atoms with Crippen LogP contribution in [0, 0.1) is 5.41 Å². The third kappa shape index (κ3) is 2.49. The van der Waals surface area contributed by atoms with Crippen LogP contribution >= 0.6 is 11.6 Å². The fraction of sp³-hybridized carbons (Fsp3) is 0.615. The van der Waals surface area contributed by atoms with E-state index in [1.165, 1.54) is 25.7 Å². The van der Waals surface area contributed by atoms with E-state index < -0.39 is 0 Å². The Bertz CT molecular complexity index is 363. The molecule has 1 aliphatic rings. The summed E-state index contributed by atoms with van der Waals surface area (Å²) in [6, 6.07) is 2.34. The number of pyridine rings is 1. The van der Waals surface area contributed by atoms with E-state index in [1.807, 2.05) is 12.3 Å². The lowest BCUT2D eigenvalue weighted by atomic mass is 9.73. The van der Waals surface area contributed by atoms with Crippen molar-refractivity contribution >= 4 is 17.3 Å². The molecule has 1 N–H and O–H groups in total. The second kappa shape index (κ2) is 4.62. The van der Waals surface area contributed by atoms with Gasteiger partial charge in [0.15, 0.2) is 0 Å². The topological polar surface area (TPSA) is 24.9 Å². The van der Waals surface area contributed by atoms with Gasteiger partial charge in [0, 0.05) is 12.2 Å². The van der Waals surface area contributed by atoms with Crippen molar-refractivity contribution in [1.29, 1.82) is 0 Å². The Balaban J connectivity index is 2.12. The lowest BCUT2D eigenvalue weighted by Crippen LogP contribution is -2.39. The molecule has 0 saturated heterocycles. The number of hydrogen-bond acceptors (Lipinski definition) is 2. The van der Waals surface area contributed by atoms with Gasteiger partial charge < -0.3 is 5.32 Å². The number of aromatic nitrogens is 1. The summed E-state index contributed by atoms with van der Waals surface area (Å²) >= 11 is 6.13. The van der Waals surface area contributed by atoms with Crippen molar-refractivity contribution in [2.45, 2.75) is 45.6 Å². The summed E-state index contributed by atoms with van der Waals surface area (Å²) in [4.78, 5) is 4.11. The van der Waals surface area contributed by atoms with Crippen molar-refractivity contribution in [2.75, 3.05) is 5.32 Å². The zero-order chi connectivity index (χ0) is 11.6. The van der Waals surface area contributed by atoms with Gasteiger partial charge in [-0.2, -0.15) is 0 Å². The van der Waals surface area contributed by atoms with Crippen LogP contribution in [0.3, 0.4) is 0 Å². The number of anilines is 1. The third-order valence-electron chi connectivity index (χ3n) is 3.60. The average Bonchev–Trinajstić information content (AvgIpc) is 2.24. The maximum atomic E-state index is 6.13. The van der Waals surface area contributed by atoms with E-state index in [4.69, 9.17) is 11.6 Å². The summed E-state index contributed by atoms with van der Waals surface area (Å²) in [6.07, 6.45) is 8.68. The smallest absolute Gasteiger partial charge is 0.0718 e. The molecule has 1 aliphatic carbocycles. The summed E-state index contributed by atoms with van der Waals surface area (Å²) in [6.45, 7) is 4.65. The van der Waals surface area contributed by atoms with Gasteiger partial charge in [-0.05, 0) is 24.3 Å². The maximum absolute atomic E-state index is 6.13. The number of hydrogen-bond donors (Lipinski definition) is 1. The van der Waals surface area contributed by atoms with Crippen molar-refractivity contribution in [1.82, 2.24) is 4.98 Å². The Morgan fingerprint density at radius 3 is 2.94 bits per heavy atom. The van der Waals surface area contributed by atoms with E-state index in [2.05, 4.69) is 24.1 Å². The highest BCUT2D eigenvalue weighted by Crippen LogP contribution is 2.38. The first-order chi connectivity index (χ1) is 7.59. The molecule has 0 spiro atoms. The van der Waals surface area contributed by atoms with Crippen molar-refractivity contribution in [3.8, 4) is 0 Å². The molecule has 3 heteroatoms. The van der Waals surface area contributed by atoms with Gasteiger partial charge in [-0.3, -0.25) is 4.98 Å². The van der Waals surface area contributed by atoms with Crippen LogP contribution in [-0.4, -0.2) is 11.0 Å². The average molecular weight is 239 g/mol. The largest absolute Gasteiger partial charge is 0.379 e. The molecule has 2 nitrogen and oxygen atoms in total. The highest BCUT2D eigenvalue weighted by atomic mass is 35.5. The van der Waals surface area contributed by atoms with Crippen LogP contribution in [0.25, 0.3) is 0 Å².